The number of rotatable bonds is 11. The van der Waals surface area contributed by atoms with Crippen molar-refractivity contribution in [3.8, 4) is 0 Å². The van der Waals surface area contributed by atoms with Crippen molar-refractivity contribution in [2.24, 2.45) is 5.92 Å². The van der Waals surface area contributed by atoms with Crippen molar-refractivity contribution >= 4 is 37.2 Å². The quantitative estimate of drug-likeness (QED) is 0.280. The highest BCUT2D eigenvalue weighted by Gasteiger charge is 2.26. The molecule has 27 heavy (non-hydrogen) atoms. The summed E-state index contributed by atoms with van der Waals surface area (Å²) in [4.78, 5) is 59.7. The molecule has 0 spiro atoms. The van der Waals surface area contributed by atoms with Crippen LogP contribution in [0, 0.1) is 5.92 Å². The van der Waals surface area contributed by atoms with Gasteiger partial charge in [-0.05, 0) is 25.7 Å². The molecule has 148 valence electrons. The van der Waals surface area contributed by atoms with E-state index in [2.05, 4.69) is 10.6 Å². The molecule has 0 saturated heterocycles. The predicted molar refractivity (Wildman–Crippen MR) is 102 cm³/mol. The second-order valence-corrected chi connectivity index (χ2v) is 7.10. The van der Waals surface area contributed by atoms with E-state index in [0.717, 1.165) is 0 Å². The van der Waals surface area contributed by atoms with E-state index >= 15 is 0 Å². The van der Waals surface area contributed by atoms with Gasteiger partial charge >= 0.3 is 0 Å². The molecule has 2 N–H and O–H groups in total. The summed E-state index contributed by atoms with van der Waals surface area (Å²) in [5.41, 5.74) is -0.151. The second-order valence-electron chi connectivity index (χ2n) is 7.10. The lowest BCUT2D eigenvalue weighted by Crippen LogP contribution is -2.53. The Kier molecular flexibility index (Phi) is 8.91. The van der Waals surface area contributed by atoms with E-state index in [1.54, 1.807) is 6.92 Å². The first-order chi connectivity index (χ1) is 12.6. The lowest BCUT2D eigenvalue weighted by atomic mass is 9.95. The third-order valence-electron chi connectivity index (χ3n) is 4.42. The lowest BCUT2D eigenvalue weighted by molar-refractivity contribution is -0.137. The maximum atomic E-state index is 12.3. The number of hydrogen-bond acceptors (Lipinski definition) is 5. The average molecular weight is 377 g/mol. The van der Waals surface area contributed by atoms with Gasteiger partial charge in [-0.15, -0.1) is 0 Å². The zero-order chi connectivity index (χ0) is 20.6. The molecule has 9 heteroatoms. The molecular weight excluding hydrogens is 349 g/mol. The van der Waals surface area contributed by atoms with Crippen molar-refractivity contribution in [3.63, 3.8) is 0 Å². The zero-order valence-corrected chi connectivity index (χ0v) is 16.4. The highest BCUT2D eigenvalue weighted by Crippen LogP contribution is 2.08. The summed E-state index contributed by atoms with van der Waals surface area (Å²) in [5.74, 6) is -1.34. The Bertz CT molecular complexity index is 614. The number of unbranched alkanes of at least 4 members (excludes halogenated alkanes) is 2. The molecule has 0 bridgehead atoms. The molecule has 8 nitrogen and oxygen atoms in total. The van der Waals surface area contributed by atoms with Crippen LogP contribution in [0.15, 0.2) is 12.2 Å². The molecule has 0 aromatic carbocycles. The molecule has 2 atom stereocenters. The monoisotopic (exact) mass is 377 g/mol. The van der Waals surface area contributed by atoms with E-state index in [-0.39, 0.29) is 41.7 Å². The summed E-state index contributed by atoms with van der Waals surface area (Å²) >= 11 is 0. The molecule has 0 aromatic rings. The van der Waals surface area contributed by atoms with Crippen molar-refractivity contribution in [3.05, 3.63) is 12.2 Å². The Hall–Kier alpha value is -2.45. The predicted octanol–water partition coefficient (Wildman–Crippen LogP) is -0.723. The first-order valence-electron chi connectivity index (χ1n) is 9.27. The molecule has 0 radical (unpaired) electrons. The van der Waals surface area contributed by atoms with Gasteiger partial charge in [0.15, 0.2) is 7.85 Å². The van der Waals surface area contributed by atoms with Gasteiger partial charge in [0, 0.05) is 25.1 Å². The summed E-state index contributed by atoms with van der Waals surface area (Å²) in [6.07, 6.45) is 4.64. The molecule has 4 amide bonds. The average Bonchev–Trinajstić information content (AvgIpc) is 2.90. The van der Waals surface area contributed by atoms with Crippen molar-refractivity contribution in [2.75, 3.05) is 6.54 Å². The third kappa shape index (κ3) is 7.36. The number of carbonyl (C=O) groups excluding carboxylic acids is 5. The Morgan fingerprint density at radius 2 is 1.59 bits per heavy atom. The molecule has 1 unspecified atom stereocenters. The van der Waals surface area contributed by atoms with E-state index in [1.165, 1.54) is 24.9 Å². The first-order valence-corrected chi connectivity index (χ1v) is 9.27. The van der Waals surface area contributed by atoms with Crippen LogP contribution >= 0.6 is 0 Å². The highest BCUT2D eigenvalue weighted by atomic mass is 16.2. The number of nitrogens with zero attached hydrogens (tertiary/aromatic N) is 1. The maximum absolute atomic E-state index is 12.3. The van der Waals surface area contributed by atoms with Crippen molar-refractivity contribution < 1.29 is 24.0 Å². The number of carbonyl (C=O) groups is 5. The SMILES string of the molecule is BC(=O)[C@H](C)NC(=O)C(NC(=O)CCCCCN1C(=O)C=CC1=O)C(C)C. The van der Waals surface area contributed by atoms with Gasteiger partial charge in [0.25, 0.3) is 11.8 Å². The molecule has 0 fully saturated rings. The molecular formula is C18H28BN3O5. The van der Waals surface area contributed by atoms with Crippen LogP contribution in [0.3, 0.4) is 0 Å². The minimum absolute atomic E-state index is 0.118. The van der Waals surface area contributed by atoms with E-state index in [9.17, 15) is 24.0 Å². The van der Waals surface area contributed by atoms with Gasteiger partial charge in [-0.3, -0.25) is 24.1 Å². The minimum Gasteiger partial charge on any atom is -0.346 e. The van der Waals surface area contributed by atoms with Gasteiger partial charge in [0.1, 0.15) is 11.7 Å². The summed E-state index contributed by atoms with van der Waals surface area (Å²) < 4.78 is 0. The summed E-state index contributed by atoms with van der Waals surface area (Å²) in [6.45, 7) is 5.58. The van der Waals surface area contributed by atoms with Crippen molar-refractivity contribution in [2.45, 2.75) is 58.5 Å². The largest absolute Gasteiger partial charge is 0.346 e. The van der Waals surface area contributed by atoms with Gasteiger partial charge in [-0.25, -0.2) is 0 Å². The normalized spacial score (nSPS) is 15.8. The number of nitrogens with one attached hydrogen (secondary N) is 2. The summed E-state index contributed by atoms with van der Waals surface area (Å²) in [5, 5.41) is 5.32. The number of imide groups is 1. The van der Waals surface area contributed by atoms with Crippen molar-refractivity contribution in [1.29, 1.82) is 0 Å². The Labute approximate surface area is 160 Å². The Balaban J connectivity index is 2.33. The van der Waals surface area contributed by atoms with Crippen molar-refractivity contribution in [1.82, 2.24) is 15.5 Å². The van der Waals surface area contributed by atoms with Crippen LogP contribution in [-0.4, -0.2) is 60.7 Å². The fraction of sp³-hybridized carbons (Fsp3) is 0.611. The fourth-order valence-electron chi connectivity index (χ4n) is 2.57. The molecule has 0 saturated carbocycles. The standard InChI is InChI=1S/C18H28BN3O5/c1-11(2)16(18(27)20-12(3)17(19)26)21-13(23)7-5-4-6-10-22-14(24)8-9-15(22)25/h8-9,11-12,16H,4-7,10,19H2,1-3H3,(H,20,27)(H,21,23)/t12-,16?/m0/s1. The smallest absolute Gasteiger partial charge is 0.253 e. The second kappa shape index (κ2) is 10.6. The molecule has 1 aliphatic heterocycles. The molecule has 0 aromatic heterocycles. The fourth-order valence-corrected chi connectivity index (χ4v) is 2.57. The van der Waals surface area contributed by atoms with E-state index in [1.807, 2.05) is 13.8 Å². The summed E-state index contributed by atoms with van der Waals surface area (Å²) in [7, 11) is 1.40. The molecule has 1 rings (SSSR count). The van der Waals surface area contributed by atoms with Gasteiger partial charge in [-0.1, -0.05) is 20.3 Å². The van der Waals surface area contributed by atoms with Crippen LogP contribution in [0.25, 0.3) is 0 Å². The van der Waals surface area contributed by atoms with E-state index in [0.29, 0.717) is 25.8 Å². The van der Waals surface area contributed by atoms with Gasteiger partial charge in [-0.2, -0.15) is 0 Å². The van der Waals surface area contributed by atoms with Crippen LogP contribution in [0.5, 0.6) is 0 Å². The van der Waals surface area contributed by atoms with Crippen LogP contribution in [0.4, 0.5) is 0 Å². The topological polar surface area (TPSA) is 113 Å². The Morgan fingerprint density at radius 1 is 1.00 bits per heavy atom. The number of hydrogen-bond donors (Lipinski definition) is 2. The lowest BCUT2D eigenvalue weighted by Gasteiger charge is -2.23. The molecule has 0 aliphatic carbocycles. The van der Waals surface area contributed by atoms with Gasteiger partial charge in [0.2, 0.25) is 11.8 Å². The maximum Gasteiger partial charge on any atom is 0.253 e. The molecule has 1 heterocycles. The summed E-state index contributed by atoms with van der Waals surface area (Å²) in [6, 6.07) is -1.30. The zero-order valence-electron chi connectivity index (χ0n) is 16.4. The van der Waals surface area contributed by atoms with Gasteiger partial charge in [0.05, 0.1) is 6.04 Å². The van der Waals surface area contributed by atoms with E-state index < -0.39 is 12.1 Å². The van der Waals surface area contributed by atoms with Crippen LogP contribution in [0.2, 0.25) is 0 Å². The van der Waals surface area contributed by atoms with Crippen LogP contribution < -0.4 is 10.6 Å². The highest BCUT2D eigenvalue weighted by molar-refractivity contribution is 6.59. The van der Waals surface area contributed by atoms with Crippen LogP contribution in [-0.2, 0) is 24.0 Å². The van der Waals surface area contributed by atoms with Crippen LogP contribution in [0.1, 0.15) is 46.5 Å². The van der Waals surface area contributed by atoms with E-state index in [4.69, 9.17) is 0 Å². The first kappa shape index (κ1) is 22.6. The Morgan fingerprint density at radius 3 is 2.11 bits per heavy atom. The number of amides is 4. The van der Waals surface area contributed by atoms with Gasteiger partial charge < -0.3 is 15.4 Å². The molecule has 1 aliphatic rings. The third-order valence-corrected chi connectivity index (χ3v) is 4.42. The minimum atomic E-state index is -0.704.